The fourth-order valence-corrected chi connectivity index (χ4v) is 4.10. The van der Waals surface area contributed by atoms with Crippen molar-refractivity contribution >= 4 is 51.0 Å². The van der Waals surface area contributed by atoms with Crippen molar-refractivity contribution in [1.82, 2.24) is 5.32 Å². The van der Waals surface area contributed by atoms with Crippen molar-refractivity contribution in [3.8, 4) is 5.75 Å². The van der Waals surface area contributed by atoms with Crippen molar-refractivity contribution in [3.05, 3.63) is 61.5 Å². The zero-order valence-electron chi connectivity index (χ0n) is 14.1. The topological polar surface area (TPSA) is 75.6 Å². The Labute approximate surface area is 174 Å². The molecule has 0 saturated heterocycles. The van der Waals surface area contributed by atoms with Gasteiger partial charge < -0.3 is 15.2 Å². The Hall–Kier alpha value is -1.76. The van der Waals surface area contributed by atoms with Crippen LogP contribution in [0.25, 0.3) is 0 Å². The van der Waals surface area contributed by atoms with Crippen molar-refractivity contribution < 1.29 is 19.4 Å². The lowest BCUT2D eigenvalue weighted by Gasteiger charge is -2.23. The average Bonchev–Trinajstić information content (AvgIpc) is 2.63. The second kappa shape index (κ2) is 8.50. The standard InChI is InChI=1S/C19H16BrCl2NO4/c20-12-7-6-10(11-3-2-8-27-17(11)12)9-15(19(25)26)23-18(24)16-13(21)4-1-5-14(16)22/h1,4-7,15H,2-3,8-9H2,(H,23,24)(H,25,26). The van der Waals surface area contributed by atoms with Gasteiger partial charge in [-0.05, 0) is 58.1 Å². The second-order valence-corrected chi connectivity index (χ2v) is 7.80. The van der Waals surface area contributed by atoms with Crippen molar-refractivity contribution in [2.45, 2.75) is 25.3 Å². The van der Waals surface area contributed by atoms with Crippen LogP contribution in [0.4, 0.5) is 0 Å². The van der Waals surface area contributed by atoms with Gasteiger partial charge in [-0.3, -0.25) is 4.79 Å². The van der Waals surface area contributed by atoms with Crippen LogP contribution in [0.2, 0.25) is 10.0 Å². The van der Waals surface area contributed by atoms with E-state index in [1.807, 2.05) is 12.1 Å². The highest BCUT2D eigenvalue weighted by molar-refractivity contribution is 9.10. The largest absolute Gasteiger partial charge is 0.492 e. The number of halogens is 3. The van der Waals surface area contributed by atoms with Gasteiger partial charge in [0, 0.05) is 6.42 Å². The molecule has 1 unspecified atom stereocenters. The van der Waals surface area contributed by atoms with Gasteiger partial charge in [-0.2, -0.15) is 0 Å². The molecule has 5 nitrogen and oxygen atoms in total. The molecule has 142 valence electrons. The van der Waals surface area contributed by atoms with Gasteiger partial charge in [0.2, 0.25) is 0 Å². The van der Waals surface area contributed by atoms with E-state index in [-0.39, 0.29) is 22.0 Å². The van der Waals surface area contributed by atoms with Crippen LogP contribution in [-0.2, 0) is 17.6 Å². The van der Waals surface area contributed by atoms with Gasteiger partial charge in [-0.25, -0.2) is 4.79 Å². The van der Waals surface area contributed by atoms with Crippen LogP contribution in [0.15, 0.2) is 34.8 Å². The molecule has 0 bridgehead atoms. The number of aliphatic carboxylic acids is 1. The third-order valence-electron chi connectivity index (χ3n) is 4.34. The highest BCUT2D eigenvalue weighted by Gasteiger charge is 2.26. The molecule has 2 aromatic carbocycles. The summed E-state index contributed by atoms with van der Waals surface area (Å²) in [5.74, 6) is -1.02. The molecule has 1 atom stereocenters. The summed E-state index contributed by atoms with van der Waals surface area (Å²) in [6, 6.07) is 7.22. The highest BCUT2D eigenvalue weighted by atomic mass is 79.9. The molecule has 0 saturated carbocycles. The maximum Gasteiger partial charge on any atom is 0.326 e. The molecular weight excluding hydrogens is 457 g/mol. The maximum absolute atomic E-state index is 12.6. The Morgan fingerprint density at radius 2 is 1.93 bits per heavy atom. The summed E-state index contributed by atoms with van der Waals surface area (Å²) >= 11 is 15.5. The number of benzene rings is 2. The predicted octanol–water partition coefficient (Wildman–Crippen LogP) is 4.51. The molecule has 27 heavy (non-hydrogen) atoms. The number of rotatable bonds is 5. The van der Waals surface area contributed by atoms with Gasteiger partial charge in [0.05, 0.1) is 26.7 Å². The van der Waals surface area contributed by atoms with E-state index in [9.17, 15) is 14.7 Å². The number of fused-ring (bicyclic) bond motifs is 1. The first kappa shape index (κ1) is 20.0. The zero-order valence-corrected chi connectivity index (χ0v) is 17.2. The normalized spacial score (nSPS) is 14.0. The molecule has 8 heteroatoms. The summed E-state index contributed by atoms with van der Waals surface area (Å²) in [7, 11) is 0. The first-order valence-corrected chi connectivity index (χ1v) is 9.84. The fourth-order valence-electron chi connectivity index (χ4n) is 3.05. The lowest BCUT2D eigenvalue weighted by atomic mass is 9.95. The number of carbonyl (C=O) groups excluding carboxylic acids is 1. The Morgan fingerprint density at radius 1 is 1.22 bits per heavy atom. The lowest BCUT2D eigenvalue weighted by Crippen LogP contribution is -2.42. The lowest BCUT2D eigenvalue weighted by molar-refractivity contribution is -0.139. The van der Waals surface area contributed by atoms with E-state index in [1.165, 1.54) is 12.1 Å². The molecule has 1 heterocycles. The molecule has 2 aromatic rings. The molecule has 1 amide bonds. The Morgan fingerprint density at radius 3 is 2.59 bits per heavy atom. The van der Waals surface area contributed by atoms with E-state index in [2.05, 4.69) is 21.2 Å². The number of ether oxygens (including phenoxy) is 1. The Bertz CT molecular complexity index is 883. The van der Waals surface area contributed by atoms with Gasteiger partial charge in [0.25, 0.3) is 5.91 Å². The molecule has 0 aromatic heterocycles. The van der Waals surface area contributed by atoms with E-state index in [1.54, 1.807) is 6.07 Å². The van der Waals surface area contributed by atoms with Crippen LogP contribution in [0.1, 0.15) is 27.9 Å². The molecule has 2 N–H and O–H groups in total. The third kappa shape index (κ3) is 4.39. The number of carbonyl (C=O) groups is 2. The molecule has 1 aliphatic heterocycles. The summed E-state index contributed by atoms with van der Waals surface area (Å²) in [5, 5.41) is 12.5. The first-order valence-electron chi connectivity index (χ1n) is 8.29. The van der Waals surface area contributed by atoms with Crippen molar-refractivity contribution in [2.75, 3.05) is 6.61 Å². The number of carboxylic acids is 1. The highest BCUT2D eigenvalue weighted by Crippen LogP contribution is 2.36. The number of hydrogen-bond acceptors (Lipinski definition) is 3. The van der Waals surface area contributed by atoms with Crippen LogP contribution < -0.4 is 10.1 Å². The molecule has 0 radical (unpaired) electrons. The minimum atomic E-state index is -1.14. The van der Waals surface area contributed by atoms with Gasteiger partial charge in [0.15, 0.2) is 0 Å². The van der Waals surface area contributed by atoms with Gasteiger partial charge in [-0.15, -0.1) is 0 Å². The summed E-state index contributed by atoms with van der Waals surface area (Å²) in [4.78, 5) is 24.3. The Balaban J connectivity index is 1.86. The van der Waals surface area contributed by atoms with Gasteiger partial charge in [0.1, 0.15) is 11.8 Å². The summed E-state index contributed by atoms with van der Waals surface area (Å²) in [6.45, 7) is 0.624. The number of amides is 1. The van der Waals surface area contributed by atoms with Gasteiger partial charge >= 0.3 is 5.97 Å². The number of hydrogen-bond donors (Lipinski definition) is 2. The number of nitrogens with one attached hydrogen (secondary N) is 1. The molecule has 0 spiro atoms. The summed E-state index contributed by atoms with van der Waals surface area (Å²) in [5.41, 5.74) is 1.85. The SMILES string of the molecule is O=C(NC(Cc1ccc(Br)c2c1CCCO2)C(=O)O)c1c(Cl)cccc1Cl. The predicted molar refractivity (Wildman–Crippen MR) is 107 cm³/mol. The van der Waals surface area contributed by atoms with E-state index >= 15 is 0 Å². The van der Waals surface area contributed by atoms with E-state index in [0.29, 0.717) is 6.61 Å². The maximum atomic E-state index is 12.6. The summed E-state index contributed by atoms with van der Waals surface area (Å²) in [6.07, 6.45) is 1.78. The molecular formula is C19H16BrCl2NO4. The molecule has 0 fully saturated rings. The van der Waals surface area contributed by atoms with Crippen molar-refractivity contribution in [1.29, 1.82) is 0 Å². The monoisotopic (exact) mass is 471 g/mol. The van der Waals surface area contributed by atoms with Crippen LogP contribution in [0.3, 0.4) is 0 Å². The van der Waals surface area contributed by atoms with E-state index < -0.39 is 17.9 Å². The van der Waals surface area contributed by atoms with Gasteiger partial charge in [-0.1, -0.05) is 35.3 Å². The first-order chi connectivity index (χ1) is 12.9. The fraction of sp³-hybridized carbons (Fsp3) is 0.263. The third-order valence-corrected chi connectivity index (χ3v) is 5.60. The van der Waals surface area contributed by atoms with Crippen molar-refractivity contribution in [2.24, 2.45) is 0 Å². The smallest absolute Gasteiger partial charge is 0.326 e. The second-order valence-electron chi connectivity index (χ2n) is 6.13. The molecule has 0 aliphatic carbocycles. The van der Waals surface area contributed by atoms with Crippen LogP contribution in [-0.4, -0.2) is 29.6 Å². The average molecular weight is 473 g/mol. The molecule has 1 aliphatic rings. The quantitative estimate of drug-likeness (QED) is 0.671. The number of carboxylic acid groups (broad SMARTS) is 1. The minimum Gasteiger partial charge on any atom is -0.492 e. The zero-order chi connectivity index (χ0) is 19.6. The van der Waals surface area contributed by atoms with Crippen molar-refractivity contribution in [3.63, 3.8) is 0 Å². The van der Waals surface area contributed by atoms with Crippen LogP contribution >= 0.6 is 39.1 Å². The minimum absolute atomic E-state index is 0.0632. The van der Waals surface area contributed by atoms with E-state index in [0.717, 1.165) is 34.2 Å². The van der Waals surface area contributed by atoms with Crippen LogP contribution in [0, 0.1) is 0 Å². The molecule has 3 rings (SSSR count). The Kier molecular flexibility index (Phi) is 6.29. The van der Waals surface area contributed by atoms with Crippen LogP contribution in [0.5, 0.6) is 5.75 Å². The summed E-state index contributed by atoms with van der Waals surface area (Å²) < 4.78 is 6.54. The van der Waals surface area contributed by atoms with E-state index in [4.69, 9.17) is 27.9 Å².